The van der Waals surface area contributed by atoms with Gasteiger partial charge in [-0.2, -0.15) is 8.78 Å². The van der Waals surface area contributed by atoms with E-state index in [1.165, 1.54) is 21.5 Å². The Bertz CT molecular complexity index is 1490. The summed E-state index contributed by atoms with van der Waals surface area (Å²) < 4.78 is 48.7. The Labute approximate surface area is 218 Å². The number of anilines is 3. The van der Waals surface area contributed by atoms with Crippen LogP contribution in [0.2, 0.25) is 0 Å². The molecule has 1 aromatic heterocycles. The van der Waals surface area contributed by atoms with Crippen LogP contribution < -0.4 is 32.2 Å². The zero-order chi connectivity index (χ0) is 27.8. The molecule has 2 amide bonds. The van der Waals surface area contributed by atoms with E-state index in [0.717, 1.165) is 15.5 Å². The predicted octanol–water partition coefficient (Wildman–Crippen LogP) is 0.749. The second-order valence-corrected chi connectivity index (χ2v) is 9.02. The first kappa shape index (κ1) is 25.9. The molecular formula is C24H24F3N7O5. The van der Waals surface area contributed by atoms with Crippen molar-refractivity contribution >= 4 is 29.1 Å². The Kier molecular flexibility index (Phi) is 6.80. The number of ether oxygens (including phenoxy) is 1. The highest BCUT2D eigenvalue weighted by Crippen LogP contribution is 2.28. The molecule has 5 rings (SSSR count). The number of hydrogen-bond donors (Lipinski definition) is 2. The van der Waals surface area contributed by atoms with Crippen molar-refractivity contribution in [3.05, 3.63) is 69.3 Å². The van der Waals surface area contributed by atoms with Crippen LogP contribution >= 0.6 is 0 Å². The van der Waals surface area contributed by atoms with Gasteiger partial charge in [-0.25, -0.2) is 32.7 Å². The highest BCUT2D eigenvalue weighted by Gasteiger charge is 2.34. The number of nitrogens with two attached hydrogens (primary N) is 1. The van der Waals surface area contributed by atoms with Crippen LogP contribution in [0.4, 0.5) is 35.0 Å². The van der Waals surface area contributed by atoms with Crippen molar-refractivity contribution in [2.45, 2.75) is 25.6 Å². The third-order valence-electron chi connectivity index (χ3n) is 6.59. The molecule has 2 aliphatic heterocycles. The topological polar surface area (TPSA) is 137 Å². The Morgan fingerprint density at radius 3 is 2.18 bits per heavy atom. The lowest BCUT2D eigenvalue weighted by Gasteiger charge is -2.23. The lowest BCUT2D eigenvalue weighted by atomic mass is 10.2. The maximum atomic E-state index is 15.2. The quantitative estimate of drug-likeness (QED) is 0.435. The van der Waals surface area contributed by atoms with Crippen molar-refractivity contribution in [3.8, 4) is 5.69 Å². The van der Waals surface area contributed by atoms with Crippen molar-refractivity contribution in [1.29, 1.82) is 0 Å². The number of carbonyl (C=O) groups excluding carboxylic acids is 2. The van der Waals surface area contributed by atoms with Crippen LogP contribution in [0.15, 0.2) is 52.1 Å². The monoisotopic (exact) mass is 547 g/mol. The number of nitrogen functional groups attached to an aromatic ring is 1. The van der Waals surface area contributed by atoms with Gasteiger partial charge in [-0.15, -0.1) is 0 Å². The van der Waals surface area contributed by atoms with Crippen LogP contribution in [0.5, 0.6) is 0 Å². The second-order valence-electron chi connectivity index (χ2n) is 9.02. The summed E-state index contributed by atoms with van der Waals surface area (Å²) in [6.45, 7) is 0.352. The molecule has 15 heteroatoms. The summed E-state index contributed by atoms with van der Waals surface area (Å²) in [5.41, 5.74) is 5.95. The van der Waals surface area contributed by atoms with Gasteiger partial charge in [0.05, 0.1) is 43.2 Å². The third kappa shape index (κ3) is 4.94. The maximum absolute atomic E-state index is 15.2. The van der Waals surface area contributed by atoms with E-state index in [-0.39, 0.29) is 50.6 Å². The van der Waals surface area contributed by atoms with Gasteiger partial charge in [-0.3, -0.25) is 9.69 Å². The zero-order valence-corrected chi connectivity index (χ0v) is 20.4. The van der Waals surface area contributed by atoms with Crippen molar-refractivity contribution in [1.82, 2.24) is 19.2 Å². The van der Waals surface area contributed by atoms with E-state index < -0.39 is 41.7 Å². The summed E-state index contributed by atoms with van der Waals surface area (Å²) in [6.07, 6.45) is -4.87. The molecule has 3 N–H and O–H groups in total. The highest BCUT2D eigenvalue weighted by atomic mass is 19.3. The largest absolute Gasteiger partial charge is 0.442 e. The molecule has 1 atom stereocenters. The number of alkyl halides is 2. The minimum Gasteiger partial charge on any atom is -0.442 e. The van der Waals surface area contributed by atoms with Crippen molar-refractivity contribution in [2.24, 2.45) is 0 Å². The van der Waals surface area contributed by atoms with Gasteiger partial charge in [0.1, 0.15) is 11.9 Å². The van der Waals surface area contributed by atoms with E-state index in [1.807, 2.05) is 5.32 Å². The van der Waals surface area contributed by atoms with Gasteiger partial charge >= 0.3 is 23.9 Å². The van der Waals surface area contributed by atoms with Gasteiger partial charge in [0.2, 0.25) is 0 Å². The molecule has 1 saturated heterocycles. The molecule has 1 fully saturated rings. The van der Waals surface area contributed by atoms with Gasteiger partial charge < -0.3 is 20.7 Å². The first-order chi connectivity index (χ1) is 18.6. The van der Waals surface area contributed by atoms with Crippen LogP contribution in [0.3, 0.4) is 0 Å². The first-order valence-corrected chi connectivity index (χ1v) is 12.0. The Morgan fingerprint density at radius 1 is 0.974 bits per heavy atom. The minimum atomic E-state index is -3.19. The number of nitrogens with zero attached hydrogens (tertiary/aromatic N) is 5. The molecule has 2 aliphatic rings. The number of fused-ring (bicyclic) bond motifs is 1. The van der Waals surface area contributed by atoms with Crippen LogP contribution in [0, 0.1) is 5.82 Å². The third-order valence-corrected chi connectivity index (χ3v) is 6.59. The van der Waals surface area contributed by atoms with Crippen molar-refractivity contribution in [3.63, 3.8) is 0 Å². The standard InChI is InChI=1S/C24H24F3N7O5/c25-18-11-16(31-13-17(39-24(31)38)12-29-21(35)20(26)27)5-6-19(18)30-7-9-32-22(36)34(23(37)33(32)10-8-30)15-3-1-14(28)2-4-15/h1-6,11,17,20H,7-10,12-13,28H2,(H,29,35)/t17-/m0/s1. The summed E-state index contributed by atoms with van der Waals surface area (Å²) >= 11 is 0. The Balaban J connectivity index is 1.29. The second kappa shape index (κ2) is 10.2. The number of hydrogen-bond acceptors (Lipinski definition) is 7. The van der Waals surface area contributed by atoms with Gasteiger partial charge in [0.15, 0.2) is 0 Å². The molecule has 0 saturated carbocycles. The van der Waals surface area contributed by atoms with Crippen LogP contribution in [-0.4, -0.2) is 64.6 Å². The fraction of sp³-hybridized carbons (Fsp3) is 0.333. The highest BCUT2D eigenvalue weighted by molar-refractivity contribution is 5.90. The number of cyclic esters (lactones) is 1. The molecule has 206 valence electrons. The summed E-state index contributed by atoms with van der Waals surface area (Å²) in [5, 5.41) is 1.99. The molecule has 12 nitrogen and oxygen atoms in total. The molecule has 0 radical (unpaired) electrons. The summed E-state index contributed by atoms with van der Waals surface area (Å²) in [7, 11) is 0. The van der Waals surface area contributed by atoms with Crippen molar-refractivity contribution < 1.29 is 27.5 Å². The number of halogens is 3. The molecule has 2 aromatic carbocycles. The van der Waals surface area contributed by atoms with E-state index in [4.69, 9.17) is 10.5 Å². The molecule has 3 heterocycles. The number of carbonyl (C=O) groups is 2. The molecule has 39 heavy (non-hydrogen) atoms. The Hall–Kier alpha value is -4.69. The van der Waals surface area contributed by atoms with Gasteiger partial charge in [-0.05, 0) is 42.5 Å². The molecule has 0 aliphatic carbocycles. The maximum Gasteiger partial charge on any atom is 0.414 e. The number of amides is 2. The van der Waals surface area contributed by atoms with Gasteiger partial charge in [0, 0.05) is 18.8 Å². The SMILES string of the molecule is Nc1ccc(-n2c(=O)n3n(c2=O)CCN(c2ccc(N4C[C@H](CNC(=O)C(F)F)OC4=O)cc2F)CC3)cc1. The lowest BCUT2D eigenvalue weighted by molar-refractivity contribution is -0.132. The van der Waals surface area contributed by atoms with E-state index in [9.17, 15) is 28.0 Å². The smallest absolute Gasteiger partial charge is 0.414 e. The lowest BCUT2D eigenvalue weighted by Crippen LogP contribution is -2.37. The first-order valence-electron chi connectivity index (χ1n) is 12.0. The summed E-state index contributed by atoms with van der Waals surface area (Å²) in [5.74, 6) is -2.12. The minimum absolute atomic E-state index is 0.0660. The van der Waals surface area contributed by atoms with Crippen molar-refractivity contribution in [2.75, 3.05) is 41.7 Å². The molecule has 0 spiro atoms. The number of benzene rings is 2. The number of rotatable bonds is 6. The fourth-order valence-electron chi connectivity index (χ4n) is 4.63. The molecular weight excluding hydrogens is 523 g/mol. The number of aromatic nitrogens is 3. The summed E-state index contributed by atoms with van der Waals surface area (Å²) in [4.78, 5) is 52.2. The fourth-order valence-corrected chi connectivity index (χ4v) is 4.63. The van der Waals surface area contributed by atoms with Crippen LogP contribution in [-0.2, 0) is 22.6 Å². The van der Waals surface area contributed by atoms with Crippen LogP contribution in [0.1, 0.15) is 0 Å². The molecule has 0 unspecified atom stereocenters. The average Bonchev–Trinajstić information content (AvgIpc) is 3.28. The zero-order valence-electron chi connectivity index (χ0n) is 20.4. The molecule has 3 aromatic rings. The van der Waals surface area contributed by atoms with Crippen LogP contribution in [0.25, 0.3) is 5.69 Å². The van der Waals surface area contributed by atoms with E-state index in [0.29, 0.717) is 11.4 Å². The molecule has 0 bridgehead atoms. The van der Waals surface area contributed by atoms with Gasteiger partial charge in [-0.1, -0.05) is 0 Å². The van der Waals surface area contributed by atoms with E-state index in [1.54, 1.807) is 29.2 Å². The summed E-state index contributed by atoms with van der Waals surface area (Å²) in [6, 6.07) is 10.5. The van der Waals surface area contributed by atoms with E-state index in [2.05, 4.69) is 0 Å². The van der Waals surface area contributed by atoms with Gasteiger partial charge in [0.25, 0.3) is 5.91 Å². The Morgan fingerprint density at radius 2 is 1.59 bits per heavy atom. The average molecular weight is 547 g/mol. The van der Waals surface area contributed by atoms with E-state index >= 15 is 4.39 Å². The number of nitrogens with one attached hydrogen (secondary N) is 1. The normalized spacial score (nSPS) is 17.2. The predicted molar refractivity (Wildman–Crippen MR) is 134 cm³/mol.